The molecule has 1 aromatic heterocycles. The standard InChI is InChI=1S/C10H18N4/c1-2-6-13-9-5-12-10(13)14-7-3-11-4-8-14/h5,9,11H,2-4,6-8H2,1H3. The summed E-state index contributed by atoms with van der Waals surface area (Å²) in [7, 11) is 0. The number of nitrogens with one attached hydrogen (secondary N) is 1. The van der Waals surface area contributed by atoms with Crippen molar-refractivity contribution in [2.75, 3.05) is 31.1 Å². The van der Waals surface area contributed by atoms with Crippen molar-refractivity contribution in [2.45, 2.75) is 19.9 Å². The molecule has 1 aliphatic rings. The molecule has 1 aliphatic heterocycles. The summed E-state index contributed by atoms with van der Waals surface area (Å²) in [6.45, 7) is 7.54. The molecule has 78 valence electrons. The molecule has 4 heteroatoms. The van der Waals surface area contributed by atoms with Crippen LogP contribution < -0.4 is 10.2 Å². The number of hydrogen-bond acceptors (Lipinski definition) is 3. The quantitative estimate of drug-likeness (QED) is 0.769. The van der Waals surface area contributed by atoms with Crippen LogP contribution in [0.1, 0.15) is 13.3 Å². The Balaban J connectivity index is 2.09. The maximum Gasteiger partial charge on any atom is 0.205 e. The second-order valence-electron chi connectivity index (χ2n) is 3.66. The van der Waals surface area contributed by atoms with Crippen LogP contribution in [-0.2, 0) is 6.54 Å². The molecule has 0 spiro atoms. The van der Waals surface area contributed by atoms with E-state index in [0.717, 1.165) is 45.1 Å². The Kier molecular flexibility index (Phi) is 3.03. The molecule has 0 radical (unpaired) electrons. The average molecular weight is 194 g/mol. The maximum atomic E-state index is 4.42. The predicted octanol–water partition coefficient (Wildman–Crippen LogP) is 0.703. The van der Waals surface area contributed by atoms with Crippen molar-refractivity contribution < 1.29 is 0 Å². The number of aryl methyl sites for hydroxylation is 1. The lowest BCUT2D eigenvalue weighted by atomic mass is 10.4. The van der Waals surface area contributed by atoms with Crippen molar-refractivity contribution in [1.29, 1.82) is 0 Å². The maximum absolute atomic E-state index is 4.42. The first-order chi connectivity index (χ1) is 6.92. The van der Waals surface area contributed by atoms with E-state index < -0.39 is 0 Å². The molecule has 1 N–H and O–H groups in total. The number of nitrogens with zero attached hydrogens (tertiary/aromatic N) is 3. The van der Waals surface area contributed by atoms with Gasteiger partial charge in [0.05, 0.1) is 0 Å². The summed E-state index contributed by atoms with van der Waals surface area (Å²) in [5.41, 5.74) is 0. The Morgan fingerprint density at radius 3 is 2.93 bits per heavy atom. The van der Waals surface area contributed by atoms with E-state index in [1.165, 1.54) is 0 Å². The minimum Gasteiger partial charge on any atom is -0.340 e. The molecule has 0 saturated carbocycles. The first-order valence-corrected chi connectivity index (χ1v) is 5.38. The fraction of sp³-hybridized carbons (Fsp3) is 0.700. The van der Waals surface area contributed by atoms with E-state index in [1.807, 2.05) is 6.20 Å². The Labute approximate surface area is 84.9 Å². The summed E-state index contributed by atoms with van der Waals surface area (Å²) in [6.07, 6.45) is 5.13. The molecule has 0 aliphatic carbocycles. The summed E-state index contributed by atoms with van der Waals surface area (Å²) >= 11 is 0. The molecule has 1 fully saturated rings. The Hall–Kier alpha value is -1.03. The molecular weight excluding hydrogens is 176 g/mol. The second kappa shape index (κ2) is 4.46. The lowest BCUT2D eigenvalue weighted by molar-refractivity contribution is 0.561. The van der Waals surface area contributed by atoms with Gasteiger partial charge in [0.2, 0.25) is 5.95 Å². The average Bonchev–Trinajstić information content (AvgIpc) is 2.68. The van der Waals surface area contributed by atoms with Gasteiger partial charge in [-0.2, -0.15) is 0 Å². The minimum atomic E-state index is 1.07. The van der Waals surface area contributed by atoms with Crippen LogP contribution in [-0.4, -0.2) is 35.7 Å². The van der Waals surface area contributed by atoms with E-state index in [4.69, 9.17) is 0 Å². The third-order valence-electron chi connectivity index (χ3n) is 2.56. The molecule has 0 amide bonds. The molecule has 4 nitrogen and oxygen atoms in total. The van der Waals surface area contributed by atoms with Crippen molar-refractivity contribution in [1.82, 2.24) is 14.9 Å². The monoisotopic (exact) mass is 194 g/mol. The van der Waals surface area contributed by atoms with Gasteiger partial charge in [-0.1, -0.05) is 6.92 Å². The molecule has 0 bridgehead atoms. The van der Waals surface area contributed by atoms with Gasteiger partial charge in [-0.3, -0.25) is 0 Å². The first kappa shape index (κ1) is 9.52. The molecule has 0 atom stereocenters. The zero-order valence-electron chi connectivity index (χ0n) is 8.74. The number of piperazine rings is 1. The highest BCUT2D eigenvalue weighted by molar-refractivity contribution is 5.31. The third-order valence-corrected chi connectivity index (χ3v) is 2.56. The van der Waals surface area contributed by atoms with Gasteiger partial charge in [-0.15, -0.1) is 0 Å². The molecule has 2 heterocycles. The topological polar surface area (TPSA) is 33.1 Å². The third kappa shape index (κ3) is 1.90. The zero-order chi connectivity index (χ0) is 9.80. The summed E-state index contributed by atoms with van der Waals surface area (Å²) in [4.78, 5) is 6.77. The molecule has 14 heavy (non-hydrogen) atoms. The van der Waals surface area contributed by atoms with Gasteiger partial charge in [-0.05, 0) is 6.42 Å². The van der Waals surface area contributed by atoms with Crippen LogP contribution in [0.4, 0.5) is 5.95 Å². The number of hydrogen-bond donors (Lipinski definition) is 1. The largest absolute Gasteiger partial charge is 0.340 e. The second-order valence-corrected chi connectivity index (χ2v) is 3.66. The van der Waals surface area contributed by atoms with Crippen molar-refractivity contribution in [2.24, 2.45) is 0 Å². The molecule has 0 unspecified atom stereocenters. The van der Waals surface area contributed by atoms with Crippen molar-refractivity contribution >= 4 is 5.95 Å². The van der Waals surface area contributed by atoms with Gasteiger partial charge in [0, 0.05) is 45.1 Å². The van der Waals surface area contributed by atoms with Crippen LogP contribution in [0.5, 0.6) is 0 Å². The van der Waals surface area contributed by atoms with Crippen molar-refractivity contribution in [3.8, 4) is 0 Å². The molecule has 0 aromatic carbocycles. The van der Waals surface area contributed by atoms with E-state index in [1.54, 1.807) is 0 Å². The van der Waals surface area contributed by atoms with Crippen LogP contribution in [0.15, 0.2) is 12.4 Å². The van der Waals surface area contributed by atoms with Gasteiger partial charge in [0.15, 0.2) is 0 Å². The van der Waals surface area contributed by atoms with E-state index in [0.29, 0.717) is 0 Å². The van der Waals surface area contributed by atoms with Crippen molar-refractivity contribution in [3.63, 3.8) is 0 Å². The Morgan fingerprint density at radius 1 is 1.43 bits per heavy atom. The van der Waals surface area contributed by atoms with E-state index >= 15 is 0 Å². The highest BCUT2D eigenvalue weighted by Gasteiger charge is 2.14. The fourth-order valence-corrected chi connectivity index (χ4v) is 1.86. The lowest BCUT2D eigenvalue weighted by Crippen LogP contribution is -2.44. The number of rotatable bonds is 3. The summed E-state index contributed by atoms with van der Waals surface area (Å²) in [5, 5.41) is 3.35. The zero-order valence-corrected chi connectivity index (χ0v) is 8.74. The highest BCUT2D eigenvalue weighted by Crippen LogP contribution is 2.12. The van der Waals surface area contributed by atoms with Crippen LogP contribution in [0.25, 0.3) is 0 Å². The van der Waals surface area contributed by atoms with Crippen molar-refractivity contribution in [3.05, 3.63) is 12.4 Å². The smallest absolute Gasteiger partial charge is 0.205 e. The van der Waals surface area contributed by atoms with E-state index in [2.05, 4.69) is 32.9 Å². The van der Waals surface area contributed by atoms with Crippen LogP contribution in [0, 0.1) is 0 Å². The predicted molar refractivity (Wildman–Crippen MR) is 57.6 cm³/mol. The molecule has 1 aromatic rings. The number of imidazole rings is 1. The van der Waals surface area contributed by atoms with Crippen LogP contribution in [0.2, 0.25) is 0 Å². The van der Waals surface area contributed by atoms with Gasteiger partial charge >= 0.3 is 0 Å². The fourth-order valence-electron chi connectivity index (χ4n) is 1.86. The molecule has 2 rings (SSSR count). The first-order valence-electron chi connectivity index (χ1n) is 5.38. The molecular formula is C10H18N4. The Bertz CT molecular complexity index is 275. The SMILES string of the molecule is CCCn1ccnc1N1CCNCC1. The van der Waals surface area contributed by atoms with E-state index in [9.17, 15) is 0 Å². The van der Waals surface area contributed by atoms with Gasteiger partial charge < -0.3 is 14.8 Å². The summed E-state index contributed by atoms with van der Waals surface area (Å²) in [5.74, 6) is 1.13. The van der Waals surface area contributed by atoms with Crippen LogP contribution >= 0.6 is 0 Å². The van der Waals surface area contributed by atoms with Gasteiger partial charge in [0.1, 0.15) is 0 Å². The summed E-state index contributed by atoms with van der Waals surface area (Å²) in [6, 6.07) is 0. The molecule has 1 saturated heterocycles. The van der Waals surface area contributed by atoms with Gasteiger partial charge in [-0.25, -0.2) is 4.98 Å². The normalized spacial score (nSPS) is 17.4. The minimum absolute atomic E-state index is 1.07. The summed E-state index contributed by atoms with van der Waals surface area (Å²) < 4.78 is 2.24. The van der Waals surface area contributed by atoms with E-state index in [-0.39, 0.29) is 0 Å². The highest BCUT2D eigenvalue weighted by atomic mass is 15.3. The number of aromatic nitrogens is 2. The van der Waals surface area contributed by atoms with Crippen LogP contribution in [0.3, 0.4) is 0 Å². The number of anilines is 1. The Morgan fingerprint density at radius 2 is 2.21 bits per heavy atom. The lowest BCUT2D eigenvalue weighted by Gasteiger charge is -2.28. The van der Waals surface area contributed by atoms with Gasteiger partial charge in [0.25, 0.3) is 0 Å².